The molecule has 1 aromatic carbocycles. The molecule has 0 aliphatic heterocycles. The van der Waals surface area contributed by atoms with Gasteiger partial charge in [0, 0.05) is 18.9 Å². The fraction of sp³-hybridized carbons (Fsp3) is 0.158. The lowest BCUT2D eigenvalue weighted by Crippen LogP contribution is -2.34. The largest absolute Gasteiger partial charge is 0.328 e. The smallest absolute Gasteiger partial charge is 0.263 e. The van der Waals surface area contributed by atoms with Gasteiger partial charge in [0.25, 0.3) is 11.5 Å². The number of rotatable bonds is 5. The van der Waals surface area contributed by atoms with Crippen LogP contribution < -0.4 is 5.56 Å². The summed E-state index contributed by atoms with van der Waals surface area (Å²) in [4.78, 5) is 37.3. The molecule has 0 spiro atoms. The van der Waals surface area contributed by atoms with Gasteiger partial charge < -0.3 is 9.88 Å². The first-order valence-corrected chi connectivity index (χ1v) is 8.02. The Kier molecular flexibility index (Phi) is 5.17. The topological polar surface area (TPSA) is 79.0 Å². The number of carbonyl (C=O) groups excluding carboxylic acids is 1. The van der Waals surface area contributed by atoms with Crippen LogP contribution in [0.2, 0.25) is 0 Å². The van der Waals surface area contributed by atoms with Crippen molar-refractivity contribution in [2.75, 3.05) is 0 Å². The number of nitrogens with zero attached hydrogens (tertiary/aromatic N) is 3. The maximum Gasteiger partial charge on any atom is 0.263 e. The molecule has 0 aliphatic carbocycles. The van der Waals surface area contributed by atoms with Gasteiger partial charge in [-0.05, 0) is 36.8 Å². The van der Waals surface area contributed by atoms with Gasteiger partial charge in [-0.1, -0.05) is 18.2 Å². The Morgan fingerprint density at radius 2 is 1.88 bits per heavy atom. The molecule has 26 heavy (non-hydrogen) atoms. The second-order valence-electron chi connectivity index (χ2n) is 5.82. The van der Waals surface area contributed by atoms with Gasteiger partial charge in [0.15, 0.2) is 0 Å². The van der Waals surface area contributed by atoms with Gasteiger partial charge in [0.1, 0.15) is 17.2 Å². The molecule has 0 unspecified atom stereocenters. The number of benzene rings is 1. The number of hydrogen-bond acceptors (Lipinski definition) is 4. The van der Waals surface area contributed by atoms with Crippen molar-refractivity contribution in [2.45, 2.75) is 20.0 Å². The summed E-state index contributed by atoms with van der Waals surface area (Å²) in [6.07, 6.45) is 2.91. The van der Waals surface area contributed by atoms with Crippen molar-refractivity contribution >= 4 is 5.91 Å². The molecule has 6 nitrogen and oxygen atoms in total. The third kappa shape index (κ3) is 4.18. The van der Waals surface area contributed by atoms with Crippen molar-refractivity contribution in [3.8, 4) is 0 Å². The Morgan fingerprint density at radius 1 is 1.12 bits per heavy atom. The SMILES string of the molecule is Cc1ncc(C(=O)N(Cc2ccc(F)cc2)Cc2ccccn2)c(=O)[nH]1. The zero-order chi connectivity index (χ0) is 18.5. The van der Waals surface area contributed by atoms with Crippen LogP contribution in [0.3, 0.4) is 0 Å². The molecule has 2 heterocycles. The van der Waals surface area contributed by atoms with Gasteiger partial charge in [-0.2, -0.15) is 0 Å². The molecule has 0 bridgehead atoms. The van der Waals surface area contributed by atoms with E-state index in [2.05, 4.69) is 15.0 Å². The Labute approximate surface area is 149 Å². The zero-order valence-corrected chi connectivity index (χ0v) is 14.1. The molecule has 1 N–H and O–H groups in total. The first-order valence-electron chi connectivity index (χ1n) is 8.02. The second-order valence-corrected chi connectivity index (χ2v) is 5.82. The van der Waals surface area contributed by atoms with Crippen molar-refractivity contribution in [3.63, 3.8) is 0 Å². The zero-order valence-electron chi connectivity index (χ0n) is 14.1. The number of aromatic nitrogens is 3. The second kappa shape index (κ2) is 7.69. The van der Waals surface area contributed by atoms with Crippen molar-refractivity contribution < 1.29 is 9.18 Å². The maximum absolute atomic E-state index is 13.1. The molecule has 1 amide bonds. The summed E-state index contributed by atoms with van der Waals surface area (Å²) in [6, 6.07) is 11.3. The van der Waals surface area contributed by atoms with E-state index >= 15 is 0 Å². The Hall–Kier alpha value is -3.35. The monoisotopic (exact) mass is 352 g/mol. The molecule has 0 radical (unpaired) electrons. The molecule has 0 aliphatic rings. The van der Waals surface area contributed by atoms with Gasteiger partial charge >= 0.3 is 0 Å². The number of hydrogen-bond donors (Lipinski definition) is 1. The van der Waals surface area contributed by atoms with E-state index in [9.17, 15) is 14.0 Å². The van der Waals surface area contributed by atoms with Crippen molar-refractivity contribution in [2.24, 2.45) is 0 Å². The average molecular weight is 352 g/mol. The summed E-state index contributed by atoms with van der Waals surface area (Å²) in [6.45, 7) is 2.06. The van der Waals surface area contributed by atoms with Gasteiger partial charge in [0.05, 0.1) is 12.2 Å². The number of amides is 1. The number of halogens is 1. The number of aryl methyl sites for hydroxylation is 1. The highest BCUT2D eigenvalue weighted by atomic mass is 19.1. The highest BCUT2D eigenvalue weighted by molar-refractivity contribution is 5.93. The Morgan fingerprint density at radius 3 is 2.54 bits per heavy atom. The van der Waals surface area contributed by atoms with Crippen LogP contribution in [0.15, 0.2) is 59.7 Å². The van der Waals surface area contributed by atoms with Crippen molar-refractivity contribution in [1.82, 2.24) is 19.9 Å². The van der Waals surface area contributed by atoms with E-state index in [-0.39, 0.29) is 24.5 Å². The first-order chi connectivity index (χ1) is 12.5. The van der Waals surface area contributed by atoms with Crippen LogP contribution in [0.25, 0.3) is 0 Å². The minimum Gasteiger partial charge on any atom is -0.328 e. The summed E-state index contributed by atoms with van der Waals surface area (Å²) >= 11 is 0. The quantitative estimate of drug-likeness (QED) is 0.765. The summed E-state index contributed by atoms with van der Waals surface area (Å²) in [5, 5.41) is 0. The molecule has 0 atom stereocenters. The van der Waals surface area contributed by atoms with Gasteiger partial charge in [-0.3, -0.25) is 14.6 Å². The van der Waals surface area contributed by atoms with E-state index in [0.717, 1.165) is 5.56 Å². The van der Waals surface area contributed by atoms with Crippen LogP contribution in [0, 0.1) is 12.7 Å². The first kappa shape index (κ1) is 17.5. The van der Waals surface area contributed by atoms with Gasteiger partial charge in [-0.25, -0.2) is 9.37 Å². The van der Waals surface area contributed by atoms with Crippen LogP contribution >= 0.6 is 0 Å². The van der Waals surface area contributed by atoms with E-state index in [4.69, 9.17) is 0 Å². The van der Waals surface area contributed by atoms with Crippen LogP contribution in [0.1, 0.15) is 27.4 Å². The van der Waals surface area contributed by atoms with Crippen LogP contribution in [0.4, 0.5) is 4.39 Å². The minimum atomic E-state index is -0.493. The fourth-order valence-corrected chi connectivity index (χ4v) is 2.50. The van der Waals surface area contributed by atoms with E-state index in [1.54, 1.807) is 37.4 Å². The molecular formula is C19H17FN4O2. The molecule has 2 aromatic heterocycles. The maximum atomic E-state index is 13.1. The lowest BCUT2D eigenvalue weighted by molar-refractivity contribution is 0.0725. The third-order valence-electron chi connectivity index (χ3n) is 3.81. The van der Waals surface area contributed by atoms with E-state index in [0.29, 0.717) is 11.5 Å². The fourth-order valence-electron chi connectivity index (χ4n) is 2.50. The number of carbonyl (C=O) groups is 1. The van der Waals surface area contributed by atoms with E-state index in [1.807, 2.05) is 6.07 Å². The van der Waals surface area contributed by atoms with E-state index < -0.39 is 11.5 Å². The number of aromatic amines is 1. The molecule has 7 heteroatoms. The molecule has 3 aromatic rings. The highest BCUT2D eigenvalue weighted by Crippen LogP contribution is 2.12. The van der Waals surface area contributed by atoms with Crippen molar-refractivity contribution in [1.29, 1.82) is 0 Å². The predicted molar refractivity (Wildman–Crippen MR) is 93.8 cm³/mol. The highest BCUT2D eigenvalue weighted by Gasteiger charge is 2.20. The molecule has 3 rings (SSSR count). The number of pyridine rings is 1. The normalized spacial score (nSPS) is 10.5. The third-order valence-corrected chi connectivity index (χ3v) is 3.81. The van der Waals surface area contributed by atoms with Crippen LogP contribution in [-0.4, -0.2) is 25.8 Å². The summed E-state index contributed by atoms with van der Waals surface area (Å²) < 4.78 is 13.1. The van der Waals surface area contributed by atoms with Gasteiger partial charge in [0.2, 0.25) is 0 Å². The van der Waals surface area contributed by atoms with Crippen LogP contribution in [0.5, 0.6) is 0 Å². The summed E-state index contributed by atoms with van der Waals surface area (Å²) in [5.41, 5.74) is 0.882. The minimum absolute atomic E-state index is 0.0476. The molecule has 132 valence electrons. The van der Waals surface area contributed by atoms with Crippen LogP contribution in [-0.2, 0) is 13.1 Å². The van der Waals surface area contributed by atoms with Crippen molar-refractivity contribution in [3.05, 3.63) is 93.7 Å². The Bertz CT molecular complexity index is 955. The molecular weight excluding hydrogens is 335 g/mol. The molecule has 0 saturated heterocycles. The predicted octanol–water partition coefficient (Wildman–Crippen LogP) is 2.46. The summed E-state index contributed by atoms with van der Waals surface area (Å²) in [7, 11) is 0. The number of H-pyrrole nitrogens is 1. The average Bonchev–Trinajstić information content (AvgIpc) is 2.63. The lowest BCUT2D eigenvalue weighted by atomic mass is 10.1. The lowest BCUT2D eigenvalue weighted by Gasteiger charge is -2.22. The summed E-state index contributed by atoms with van der Waals surface area (Å²) in [5.74, 6) is -0.384. The Balaban J connectivity index is 1.92. The number of nitrogens with one attached hydrogen (secondary N) is 1. The molecule has 0 saturated carbocycles. The molecule has 0 fully saturated rings. The van der Waals surface area contributed by atoms with E-state index in [1.165, 1.54) is 23.2 Å². The van der Waals surface area contributed by atoms with Gasteiger partial charge in [-0.15, -0.1) is 0 Å². The standard InChI is InChI=1S/C19H17FN4O2/c1-13-22-10-17(18(25)23-13)19(26)24(12-16-4-2-3-9-21-16)11-14-5-7-15(20)8-6-14/h2-10H,11-12H2,1H3,(H,22,23,25).